The molecule has 1 fully saturated rings. The van der Waals surface area contributed by atoms with Gasteiger partial charge >= 0.3 is 0 Å². The Labute approximate surface area is 151 Å². The van der Waals surface area contributed by atoms with Gasteiger partial charge in [0.2, 0.25) is 0 Å². The van der Waals surface area contributed by atoms with E-state index in [4.69, 9.17) is 10.5 Å². The topological polar surface area (TPSA) is 50.9 Å². The average Bonchev–Trinajstić information content (AvgIpc) is 2.76. The molecule has 0 unspecified atom stereocenters. The second kappa shape index (κ2) is 9.92. The van der Waals surface area contributed by atoms with E-state index >= 15 is 0 Å². The van der Waals surface area contributed by atoms with E-state index in [1.54, 1.807) is 7.11 Å². The molecule has 4 nitrogen and oxygen atoms in total. The number of ether oxygens (including phenoxy) is 1. The molecule has 2 N–H and O–H groups in total. The molecule has 2 rings (SSSR count). The molecule has 22 heavy (non-hydrogen) atoms. The Morgan fingerprint density at radius 1 is 1.23 bits per heavy atom. The van der Waals surface area contributed by atoms with E-state index in [2.05, 4.69) is 28.9 Å². The number of hydrogen-bond donors (Lipinski definition) is 1. The van der Waals surface area contributed by atoms with Gasteiger partial charge in [-0.3, -0.25) is 4.99 Å². The second-order valence-electron chi connectivity index (χ2n) is 5.71. The van der Waals surface area contributed by atoms with E-state index in [1.165, 1.54) is 36.8 Å². The molecular weight excluding hydrogens is 389 g/mol. The fraction of sp³-hybridized carbons (Fsp3) is 0.588. The minimum absolute atomic E-state index is 0. The third kappa shape index (κ3) is 5.66. The number of guanidine groups is 1. The Kier molecular flexibility index (Phi) is 8.60. The largest absolute Gasteiger partial charge is 0.496 e. The monoisotopic (exact) mass is 417 g/mol. The number of methoxy groups -OCH3 is 1. The first-order chi connectivity index (χ1) is 10.2. The molecule has 0 saturated carbocycles. The summed E-state index contributed by atoms with van der Waals surface area (Å²) >= 11 is 0. The highest BCUT2D eigenvalue weighted by Crippen LogP contribution is 2.20. The molecule has 1 saturated heterocycles. The maximum atomic E-state index is 6.13. The third-order valence-corrected chi connectivity index (χ3v) is 4.02. The number of aliphatic imine (C=N–C) groups is 1. The number of benzene rings is 1. The lowest BCUT2D eigenvalue weighted by Crippen LogP contribution is -2.38. The molecule has 1 aromatic rings. The summed E-state index contributed by atoms with van der Waals surface area (Å²) in [6.07, 6.45) is 5.93. The number of nitrogens with zero attached hydrogens (tertiary/aromatic N) is 2. The highest BCUT2D eigenvalue weighted by atomic mass is 127. The van der Waals surface area contributed by atoms with Gasteiger partial charge in [0.25, 0.3) is 0 Å². The van der Waals surface area contributed by atoms with Gasteiger partial charge in [0, 0.05) is 19.6 Å². The Bertz CT molecular complexity index is 483. The zero-order valence-electron chi connectivity index (χ0n) is 13.7. The molecule has 1 aliphatic rings. The van der Waals surface area contributed by atoms with E-state index in [0.29, 0.717) is 12.5 Å². The zero-order chi connectivity index (χ0) is 15.1. The maximum absolute atomic E-state index is 6.13. The summed E-state index contributed by atoms with van der Waals surface area (Å²) < 4.78 is 5.40. The van der Waals surface area contributed by atoms with Crippen LogP contribution >= 0.6 is 24.0 Å². The highest BCUT2D eigenvalue weighted by Gasteiger charge is 2.10. The summed E-state index contributed by atoms with van der Waals surface area (Å²) in [6, 6.07) is 6.25. The lowest BCUT2D eigenvalue weighted by molar-refractivity contribution is 0.409. The van der Waals surface area contributed by atoms with E-state index in [1.807, 2.05) is 6.07 Å². The molecule has 0 atom stereocenters. The van der Waals surface area contributed by atoms with Crippen molar-refractivity contribution in [1.82, 2.24) is 4.90 Å². The van der Waals surface area contributed by atoms with Crippen molar-refractivity contribution < 1.29 is 4.74 Å². The zero-order valence-corrected chi connectivity index (χ0v) is 16.0. The van der Waals surface area contributed by atoms with Gasteiger partial charge in [-0.2, -0.15) is 0 Å². The summed E-state index contributed by atoms with van der Waals surface area (Å²) in [5.41, 5.74) is 8.57. The van der Waals surface area contributed by atoms with Gasteiger partial charge in [0.1, 0.15) is 5.75 Å². The van der Waals surface area contributed by atoms with Gasteiger partial charge in [0.05, 0.1) is 7.11 Å². The van der Waals surface area contributed by atoms with Crippen LogP contribution in [0.4, 0.5) is 0 Å². The molecule has 5 heteroatoms. The average molecular weight is 417 g/mol. The van der Waals surface area contributed by atoms with Crippen LogP contribution in [0.2, 0.25) is 0 Å². The van der Waals surface area contributed by atoms with Crippen LogP contribution in [0.5, 0.6) is 5.75 Å². The summed E-state index contributed by atoms with van der Waals surface area (Å²) in [7, 11) is 1.71. The quantitative estimate of drug-likeness (QED) is 0.465. The van der Waals surface area contributed by atoms with E-state index < -0.39 is 0 Å². The second-order valence-corrected chi connectivity index (χ2v) is 5.71. The van der Waals surface area contributed by atoms with Crippen LogP contribution in [0.25, 0.3) is 0 Å². The van der Waals surface area contributed by atoms with Crippen LogP contribution in [0.1, 0.15) is 36.8 Å². The Balaban J connectivity index is 0.00000242. The molecule has 1 heterocycles. The van der Waals surface area contributed by atoms with Crippen molar-refractivity contribution in [3.8, 4) is 5.75 Å². The molecule has 0 spiro atoms. The first-order valence-electron chi connectivity index (χ1n) is 7.89. The van der Waals surface area contributed by atoms with Gasteiger partial charge in [-0.1, -0.05) is 30.5 Å². The van der Waals surface area contributed by atoms with Crippen molar-refractivity contribution in [3.63, 3.8) is 0 Å². The predicted molar refractivity (Wildman–Crippen MR) is 103 cm³/mol. The fourth-order valence-corrected chi connectivity index (χ4v) is 2.79. The summed E-state index contributed by atoms with van der Waals surface area (Å²) in [5, 5.41) is 0. The number of rotatable bonds is 4. The molecule has 1 aliphatic heterocycles. The van der Waals surface area contributed by atoms with Crippen LogP contribution in [0.3, 0.4) is 0 Å². The summed E-state index contributed by atoms with van der Waals surface area (Å²) in [4.78, 5) is 6.78. The highest BCUT2D eigenvalue weighted by molar-refractivity contribution is 14.0. The molecule has 0 radical (unpaired) electrons. The molecule has 0 bridgehead atoms. The Hall–Kier alpha value is -0.980. The van der Waals surface area contributed by atoms with Crippen molar-refractivity contribution in [3.05, 3.63) is 29.3 Å². The number of aryl methyl sites for hydroxylation is 1. The molecule has 1 aromatic carbocycles. The predicted octanol–water partition coefficient (Wildman–Crippen LogP) is 3.35. The number of nitrogens with two attached hydrogens (primary N) is 1. The van der Waals surface area contributed by atoms with Gasteiger partial charge in [0.15, 0.2) is 5.96 Å². The van der Waals surface area contributed by atoms with Gasteiger partial charge in [-0.05, 0) is 37.8 Å². The van der Waals surface area contributed by atoms with Gasteiger partial charge in [-0.15, -0.1) is 24.0 Å². The van der Waals surface area contributed by atoms with Crippen LogP contribution in [0.15, 0.2) is 23.2 Å². The summed E-state index contributed by atoms with van der Waals surface area (Å²) in [6.45, 7) is 4.89. The fourth-order valence-electron chi connectivity index (χ4n) is 2.79. The minimum atomic E-state index is 0. The Morgan fingerprint density at radius 2 is 1.91 bits per heavy atom. The normalized spacial score (nSPS) is 15.9. The van der Waals surface area contributed by atoms with E-state index in [-0.39, 0.29) is 24.0 Å². The summed E-state index contributed by atoms with van der Waals surface area (Å²) in [5.74, 6) is 1.63. The minimum Gasteiger partial charge on any atom is -0.496 e. The number of likely N-dealkylation sites (tertiary alicyclic amines) is 1. The molecule has 0 amide bonds. The molecule has 124 valence electrons. The maximum Gasteiger partial charge on any atom is 0.191 e. The van der Waals surface area contributed by atoms with Crippen LogP contribution in [0, 0.1) is 6.92 Å². The number of hydrogen-bond acceptors (Lipinski definition) is 2. The smallest absolute Gasteiger partial charge is 0.191 e. The first kappa shape index (κ1) is 19.1. The van der Waals surface area contributed by atoms with Crippen LogP contribution < -0.4 is 10.5 Å². The first-order valence-corrected chi connectivity index (χ1v) is 7.89. The Morgan fingerprint density at radius 3 is 2.55 bits per heavy atom. The lowest BCUT2D eigenvalue weighted by atomic mass is 10.1. The van der Waals surface area contributed by atoms with Crippen molar-refractivity contribution in [1.29, 1.82) is 0 Å². The van der Waals surface area contributed by atoms with Crippen molar-refractivity contribution in [2.45, 2.75) is 39.0 Å². The van der Waals surface area contributed by atoms with Crippen molar-refractivity contribution in [2.24, 2.45) is 10.7 Å². The van der Waals surface area contributed by atoms with Crippen LogP contribution in [-0.4, -0.2) is 37.6 Å². The molecule has 0 aliphatic carbocycles. The van der Waals surface area contributed by atoms with Gasteiger partial charge < -0.3 is 15.4 Å². The lowest BCUT2D eigenvalue weighted by Gasteiger charge is -2.21. The molecular formula is C17H28IN3O. The van der Waals surface area contributed by atoms with E-state index in [0.717, 1.165) is 25.3 Å². The SMILES string of the molecule is COc1ccc(C)cc1CCN=C(N)N1CCCCCC1.I. The van der Waals surface area contributed by atoms with Crippen molar-refractivity contribution in [2.75, 3.05) is 26.7 Å². The van der Waals surface area contributed by atoms with E-state index in [9.17, 15) is 0 Å². The standard InChI is InChI=1S/C17H27N3O.HI/c1-14-7-8-16(21-2)15(13-14)9-10-19-17(18)20-11-5-3-4-6-12-20;/h7-8,13H,3-6,9-12H2,1-2H3,(H2,18,19);1H. The third-order valence-electron chi connectivity index (χ3n) is 4.02. The molecule has 0 aromatic heterocycles. The number of halogens is 1. The van der Waals surface area contributed by atoms with Gasteiger partial charge in [-0.25, -0.2) is 0 Å². The van der Waals surface area contributed by atoms with Crippen molar-refractivity contribution >= 4 is 29.9 Å². The van der Waals surface area contributed by atoms with Crippen LogP contribution in [-0.2, 0) is 6.42 Å².